The number of halogens is 1. The number of nitrogens with one attached hydrogen (secondary N) is 1. The van der Waals surface area contributed by atoms with E-state index in [2.05, 4.69) is 12.2 Å². The third-order valence-electron chi connectivity index (χ3n) is 3.16. The lowest BCUT2D eigenvalue weighted by Gasteiger charge is -2.32. The number of carbonyl (C=O) groups excluding carboxylic acids is 1. The Bertz CT molecular complexity index is 425. The molecule has 106 valence electrons. The molecule has 19 heavy (non-hydrogen) atoms. The molecule has 1 fully saturated rings. The van der Waals surface area contributed by atoms with E-state index in [9.17, 15) is 4.79 Å². The van der Waals surface area contributed by atoms with Gasteiger partial charge in [0.05, 0.1) is 17.0 Å². The number of nitrogens with zero attached hydrogens (tertiary/aromatic N) is 1. The molecule has 1 atom stereocenters. The van der Waals surface area contributed by atoms with E-state index >= 15 is 0 Å². The van der Waals surface area contributed by atoms with Crippen LogP contribution in [-0.2, 0) is 11.2 Å². The van der Waals surface area contributed by atoms with Crippen LogP contribution in [0.5, 0.6) is 0 Å². The highest BCUT2D eigenvalue weighted by Gasteiger charge is 2.22. The van der Waals surface area contributed by atoms with Crippen molar-refractivity contribution in [2.45, 2.75) is 25.9 Å². The van der Waals surface area contributed by atoms with E-state index in [4.69, 9.17) is 16.3 Å². The molecule has 1 aliphatic rings. The van der Waals surface area contributed by atoms with Crippen molar-refractivity contribution in [3.63, 3.8) is 0 Å². The van der Waals surface area contributed by atoms with Gasteiger partial charge in [-0.15, -0.1) is 11.3 Å². The molecule has 0 saturated carbocycles. The van der Waals surface area contributed by atoms with E-state index in [0.29, 0.717) is 26.2 Å². The first-order valence-electron chi connectivity index (χ1n) is 6.57. The van der Waals surface area contributed by atoms with Crippen LogP contribution in [0, 0.1) is 0 Å². The Hall–Kier alpha value is -0.780. The summed E-state index contributed by atoms with van der Waals surface area (Å²) >= 11 is 7.42. The van der Waals surface area contributed by atoms with Crippen LogP contribution in [-0.4, -0.2) is 43.3 Å². The van der Waals surface area contributed by atoms with Gasteiger partial charge in [-0.2, -0.15) is 0 Å². The van der Waals surface area contributed by atoms with Crippen LogP contribution in [0.3, 0.4) is 0 Å². The number of hydrogen-bond acceptors (Lipinski definition) is 3. The molecule has 0 aromatic carbocycles. The number of thiophene rings is 1. The Balaban J connectivity index is 1.72. The van der Waals surface area contributed by atoms with E-state index in [-0.39, 0.29) is 12.1 Å². The number of morpholine rings is 1. The second kappa shape index (κ2) is 7.12. The Morgan fingerprint density at radius 1 is 1.63 bits per heavy atom. The summed E-state index contributed by atoms with van der Waals surface area (Å²) in [5, 5.41) is 2.95. The summed E-state index contributed by atoms with van der Waals surface area (Å²) in [5.74, 6) is 0. The molecule has 6 heteroatoms. The molecule has 1 aliphatic heterocycles. The van der Waals surface area contributed by atoms with Crippen molar-refractivity contribution >= 4 is 29.0 Å². The summed E-state index contributed by atoms with van der Waals surface area (Å²) in [6, 6.07) is 3.89. The highest BCUT2D eigenvalue weighted by atomic mass is 35.5. The zero-order valence-electron chi connectivity index (χ0n) is 11.0. The molecule has 0 radical (unpaired) electrons. The predicted octanol–water partition coefficient (Wildman–Crippen LogP) is 2.76. The second-order valence-corrected chi connectivity index (χ2v) is 6.33. The summed E-state index contributed by atoms with van der Waals surface area (Å²) in [4.78, 5) is 15.0. The molecular weight excluding hydrogens is 284 g/mol. The van der Waals surface area contributed by atoms with Crippen molar-refractivity contribution < 1.29 is 9.53 Å². The fourth-order valence-electron chi connectivity index (χ4n) is 2.04. The summed E-state index contributed by atoms with van der Waals surface area (Å²) in [7, 11) is 0. The SMILES string of the molecule is CC[C@H]1CN(C(=O)NCCc2ccc(Cl)s2)CCO1. The van der Waals surface area contributed by atoms with Crippen LogP contribution in [0.15, 0.2) is 12.1 Å². The van der Waals surface area contributed by atoms with Gasteiger partial charge in [-0.1, -0.05) is 18.5 Å². The monoisotopic (exact) mass is 302 g/mol. The molecule has 1 aromatic rings. The zero-order chi connectivity index (χ0) is 13.7. The van der Waals surface area contributed by atoms with E-state index < -0.39 is 0 Å². The highest BCUT2D eigenvalue weighted by Crippen LogP contribution is 2.21. The standard InChI is InChI=1S/C13H19ClN2O2S/c1-2-10-9-16(7-8-18-10)13(17)15-6-5-11-3-4-12(14)19-11/h3-4,10H,2,5-9H2,1H3,(H,15,17)/t10-/m0/s1. The van der Waals surface area contributed by atoms with E-state index in [1.807, 2.05) is 17.0 Å². The number of ether oxygens (including phenoxy) is 1. The molecule has 2 heterocycles. The number of rotatable bonds is 4. The van der Waals surface area contributed by atoms with Crippen molar-refractivity contribution in [3.8, 4) is 0 Å². The predicted molar refractivity (Wildman–Crippen MR) is 78.0 cm³/mol. The normalized spacial score (nSPS) is 19.5. The highest BCUT2D eigenvalue weighted by molar-refractivity contribution is 7.16. The molecule has 4 nitrogen and oxygen atoms in total. The van der Waals surface area contributed by atoms with Gasteiger partial charge in [-0.25, -0.2) is 4.79 Å². The molecule has 0 aliphatic carbocycles. The van der Waals surface area contributed by atoms with Gasteiger partial charge in [-0.3, -0.25) is 0 Å². The first-order chi connectivity index (χ1) is 9.19. The van der Waals surface area contributed by atoms with E-state index in [0.717, 1.165) is 17.2 Å². The number of carbonyl (C=O) groups is 1. The van der Waals surface area contributed by atoms with Gasteiger partial charge in [0.2, 0.25) is 0 Å². The lowest BCUT2D eigenvalue weighted by Crippen LogP contribution is -2.49. The number of hydrogen-bond donors (Lipinski definition) is 1. The first kappa shape index (κ1) is 14.6. The molecule has 0 bridgehead atoms. The second-order valence-electron chi connectivity index (χ2n) is 4.53. The third-order valence-corrected chi connectivity index (χ3v) is 4.45. The molecule has 1 aromatic heterocycles. The minimum Gasteiger partial charge on any atom is -0.375 e. The maximum atomic E-state index is 12.0. The summed E-state index contributed by atoms with van der Waals surface area (Å²) in [5.41, 5.74) is 0. The minimum atomic E-state index is 0.00408. The molecule has 0 unspecified atom stereocenters. The van der Waals surface area contributed by atoms with Gasteiger partial charge in [0.15, 0.2) is 0 Å². The van der Waals surface area contributed by atoms with Crippen LogP contribution >= 0.6 is 22.9 Å². The van der Waals surface area contributed by atoms with Crippen LogP contribution in [0.25, 0.3) is 0 Å². The first-order valence-corrected chi connectivity index (χ1v) is 7.77. The third kappa shape index (κ3) is 4.37. The lowest BCUT2D eigenvalue weighted by molar-refractivity contribution is -0.0153. The summed E-state index contributed by atoms with van der Waals surface area (Å²) in [6.45, 7) is 4.71. The van der Waals surface area contributed by atoms with Gasteiger partial charge < -0.3 is 15.0 Å². The van der Waals surface area contributed by atoms with Gasteiger partial charge in [-0.05, 0) is 25.0 Å². The van der Waals surface area contributed by atoms with Crippen LogP contribution in [0.4, 0.5) is 4.79 Å². The average Bonchev–Trinajstić information content (AvgIpc) is 2.84. The van der Waals surface area contributed by atoms with Crippen LogP contribution in [0.1, 0.15) is 18.2 Å². The van der Waals surface area contributed by atoms with Crippen LogP contribution in [0.2, 0.25) is 4.34 Å². The average molecular weight is 303 g/mol. The smallest absolute Gasteiger partial charge is 0.317 e. The Morgan fingerprint density at radius 3 is 3.16 bits per heavy atom. The summed E-state index contributed by atoms with van der Waals surface area (Å²) in [6.07, 6.45) is 1.94. The minimum absolute atomic E-state index is 0.00408. The van der Waals surface area contributed by atoms with Crippen molar-refractivity contribution in [2.75, 3.05) is 26.2 Å². The van der Waals surface area contributed by atoms with Gasteiger partial charge in [0.25, 0.3) is 0 Å². The van der Waals surface area contributed by atoms with Crippen molar-refractivity contribution in [3.05, 3.63) is 21.3 Å². The van der Waals surface area contributed by atoms with Crippen LogP contribution < -0.4 is 5.32 Å². The van der Waals surface area contributed by atoms with Gasteiger partial charge >= 0.3 is 6.03 Å². The van der Waals surface area contributed by atoms with E-state index in [1.165, 1.54) is 4.88 Å². The fraction of sp³-hybridized carbons (Fsp3) is 0.615. The van der Waals surface area contributed by atoms with Gasteiger partial charge in [0, 0.05) is 24.5 Å². The van der Waals surface area contributed by atoms with Crippen molar-refractivity contribution in [1.82, 2.24) is 10.2 Å². The van der Waals surface area contributed by atoms with Crippen molar-refractivity contribution in [2.24, 2.45) is 0 Å². The Labute approximate surface area is 122 Å². The molecular formula is C13H19ClN2O2S. The number of urea groups is 1. The zero-order valence-corrected chi connectivity index (χ0v) is 12.6. The quantitative estimate of drug-likeness (QED) is 0.929. The lowest BCUT2D eigenvalue weighted by atomic mass is 10.2. The molecule has 2 rings (SSSR count). The molecule has 1 saturated heterocycles. The maximum Gasteiger partial charge on any atom is 0.317 e. The van der Waals surface area contributed by atoms with Crippen molar-refractivity contribution in [1.29, 1.82) is 0 Å². The Kier molecular flexibility index (Phi) is 5.48. The largest absolute Gasteiger partial charge is 0.375 e. The topological polar surface area (TPSA) is 41.6 Å². The fourth-order valence-corrected chi connectivity index (χ4v) is 3.13. The maximum absolute atomic E-state index is 12.0. The molecule has 2 amide bonds. The summed E-state index contributed by atoms with van der Waals surface area (Å²) < 4.78 is 6.34. The Morgan fingerprint density at radius 2 is 2.47 bits per heavy atom. The van der Waals surface area contributed by atoms with E-state index in [1.54, 1.807) is 11.3 Å². The molecule has 0 spiro atoms. The number of amides is 2. The van der Waals surface area contributed by atoms with Gasteiger partial charge in [0.1, 0.15) is 0 Å². The molecule has 1 N–H and O–H groups in total.